The lowest BCUT2D eigenvalue weighted by Gasteiger charge is -2.02. The van der Waals surface area contributed by atoms with E-state index in [1.165, 1.54) is 0 Å². The molecule has 0 fully saturated rings. The number of nitrogens with zero attached hydrogens (tertiary/aromatic N) is 2. The summed E-state index contributed by atoms with van der Waals surface area (Å²) in [5.74, 6) is 0.611. The molecule has 0 saturated heterocycles. The van der Waals surface area contributed by atoms with Gasteiger partial charge < -0.3 is 5.32 Å². The highest BCUT2D eigenvalue weighted by atomic mass is 35.5. The van der Waals surface area contributed by atoms with Gasteiger partial charge in [-0.1, -0.05) is 23.7 Å². The predicted octanol–water partition coefficient (Wildman–Crippen LogP) is 2.57. The Balaban J connectivity index is 0.000000531. The van der Waals surface area contributed by atoms with E-state index >= 15 is 0 Å². The number of rotatable bonds is 1. The maximum Gasteiger partial charge on any atom is 0.172 e. The molecule has 15 heavy (non-hydrogen) atoms. The van der Waals surface area contributed by atoms with Crippen molar-refractivity contribution in [2.45, 2.75) is 0 Å². The normalized spacial score (nSPS) is 9.07. The van der Waals surface area contributed by atoms with E-state index in [1.807, 2.05) is 24.3 Å². The van der Waals surface area contributed by atoms with Crippen LogP contribution in [0.4, 0.5) is 5.82 Å². The van der Waals surface area contributed by atoms with Crippen LogP contribution in [0.5, 0.6) is 0 Å². The first-order chi connectivity index (χ1) is 7.31. The molecule has 0 atom stereocenters. The van der Waals surface area contributed by atoms with Gasteiger partial charge in [-0.15, -0.1) is 12.8 Å². The number of hydrogen-bond donors (Lipinski definition) is 1. The number of terminal acetylenes is 1. The van der Waals surface area contributed by atoms with Crippen molar-refractivity contribution in [3.63, 3.8) is 0 Å². The maximum absolute atomic E-state index is 5.87. The van der Waals surface area contributed by atoms with Crippen molar-refractivity contribution in [1.82, 2.24) is 9.97 Å². The van der Waals surface area contributed by atoms with Crippen molar-refractivity contribution in [2.75, 3.05) is 12.4 Å². The van der Waals surface area contributed by atoms with E-state index in [-0.39, 0.29) is 0 Å². The third kappa shape index (κ3) is 2.36. The van der Waals surface area contributed by atoms with Gasteiger partial charge in [0.15, 0.2) is 11.0 Å². The summed E-state index contributed by atoms with van der Waals surface area (Å²) in [4.78, 5) is 8.47. The highest BCUT2D eigenvalue weighted by molar-refractivity contribution is 6.32. The fraction of sp³-hybridized carbons (Fsp3) is 0.0909. The number of fused-ring (bicyclic) bond motifs is 1. The number of hydrogen-bond acceptors (Lipinski definition) is 3. The van der Waals surface area contributed by atoms with Crippen molar-refractivity contribution in [1.29, 1.82) is 0 Å². The summed E-state index contributed by atoms with van der Waals surface area (Å²) >= 11 is 5.87. The quantitative estimate of drug-likeness (QED) is 0.750. The van der Waals surface area contributed by atoms with Crippen molar-refractivity contribution >= 4 is 28.5 Å². The van der Waals surface area contributed by atoms with Crippen LogP contribution in [-0.4, -0.2) is 17.0 Å². The molecule has 0 radical (unpaired) electrons. The molecule has 1 aromatic heterocycles. The number of para-hydroxylation sites is 2. The Morgan fingerprint density at radius 1 is 1.13 bits per heavy atom. The second kappa shape index (κ2) is 5.18. The van der Waals surface area contributed by atoms with Crippen LogP contribution >= 0.6 is 11.6 Å². The number of nitrogens with one attached hydrogen (secondary N) is 1. The number of anilines is 1. The van der Waals surface area contributed by atoms with Crippen molar-refractivity contribution in [3.8, 4) is 12.8 Å². The first-order valence-corrected chi connectivity index (χ1v) is 4.62. The molecule has 3 nitrogen and oxygen atoms in total. The van der Waals surface area contributed by atoms with E-state index in [0.29, 0.717) is 11.0 Å². The van der Waals surface area contributed by atoms with Gasteiger partial charge in [0.25, 0.3) is 0 Å². The first-order valence-electron chi connectivity index (χ1n) is 4.24. The number of benzene rings is 1. The van der Waals surface area contributed by atoms with Crippen molar-refractivity contribution in [2.24, 2.45) is 0 Å². The summed E-state index contributed by atoms with van der Waals surface area (Å²) in [6.07, 6.45) is 8.00. The van der Waals surface area contributed by atoms with Gasteiger partial charge in [-0.3, -0.25) is 0 Å². The minimum atomic E-state index is 0.404. The summed E-state index contributed by atoms with van der Waals surface area (Å²) < 4.78 is 0. The van der Waals surface area contributed by atoms with Crippen LogP contribution in [0.15, 0.2) is 24.3 Å². The molecule has 0 aliphatic heterocycles. The molecule has 2 rings (SSSR count). The molecule has 1 heterocycles. The fourth-order valence-corrected chi connectivity index (χ4v) is 1.37. The second-order valence-corrected chi connectivity index (χ2v) is 2.96. The smallest absolute Gasteiger partial charge is 0.172 e. The molecular weight excluding hydrogens is 210 g/mol. The fourth-order valence-electron chi connectivity index (χ4n) is 1.14. The molecule has 0 spiro atoms. The van der Waals surface area contributed by atoms with E-state index in [0.717, 1.165) is 11.0 Å². The molecule has 4 heteroatoms. The minimum absolute atomic E-state index is 0.404. The van der Waals surface area contributed by atoms with Crippen LogP contribution in [0.2, 0.25) is 5.15 Å². The molecule has 2 aromatic rings. The molecule has 0 bridgehead atoms. The Morgan fingerprint density at radius 2 is 1.67 bits per heavy atom. The average Bonchev–Trinajstić information content (AvgIpc) is 2.31. The standard InChI is InChI=1S/C9H8ClN3.C2H2/c1-11-9-8(10)12-6-4-2-3-5-7(6)13-9;1-2/h2-5H,1H3,(H,11,13);1-2H. The Kier molecular flexibility index (Phi) is 3.90. The van der Waals surface area contributed by atoms with Crippen LogP contribution in [-0.2, 0) is 0 Å². The molecule has 76 valence electrons. The SMILES string of the molecule is C#C.CNc1nc2ccccc2nc1Cl. The van der Waals surface area contributed by atoms with E-state index in [4.69, 9.17) is 11.6 Å². The van der Waals surface area contributed by atoms with Crippen LogP contribution in [0.3, 0.4) is 0 Å². The van der Waals surface area contributed by atoms with E-state index < -0.39 is 0 Å². The van der Waals surface area contributed by atoms with Gasteiger partial charge in [0.1, 0.15) is 0 Å². The van der Waals surface area contributed by atoms with Gasteiger partial charge in [0.05, 0.1) is 11.0 Å². The van der Waals surface area contributed by atoms with Gasteiger partial charge in [-0.2, -0.15) is 0 Å². The van der Waals surface area contributed by atoms with Crippen LogP contribution in [0, 0.1) is 12.8 Å². The van der Waals surface area contributed by atoms with E-state index in [2.05, 4.69) is 28.1 Å². The molecule has 0 unspecified atom stereocenters. The van der Waals surface area contributed by atoms with Crippen molar-refractivity contribution < 1.29 is 0 Å². The summed E-state index contributed by atoms with van der Waals surface area (Å²) in [7, 11) is 1.77. The average molecular weight is 220 g/mol. The van der Waals surface area contributed by atoms with Crippen LogP contribution < -0.4 is 5.32 Å². The Morgan fingerprint density at radius 3 is 2.20 bits per heavy atom. The first kappa shape index (κ1) is 11.3. The third-order valence-electron chi connectivity index (χ3n) is 1.76. The van der Waals surface area contributed by atoms with Gasteiger partial charge in [-0.25, -0.2) is 9.97 Å². The zero-order valence-corrected chi connectivity index (χ0v) is 8.99. The van der Waals surface area contributed by atoms with Crippen molar-refractivity contribution in [3.05, 3.63) is 29.4 Å². The lowest BCUT2D eigenvalue weighted by molar-refractivity contribution is 1.26. The molecule has 0 aliphatic carbocycles. The maximum atomic E-state index is 5.87. The predicted molar refractivity (Wildman–Crippen MR) is 64.0 cm³/mol. The summed E-state index contributed by atoms with van der Waals surface area (Å²) in [6, 6.07) is 7.61. The second-order valence-electron chi connectivity index (χ2n) is 2.60. The zero-order chi connectivity index (χ0) is 11.3. The topological polar surface area (TPSA) is 37.8 Å². The molecule has 1 N–H and O–H groups in total. The number of halogens is 1. The highest BCUT2D eigenvalue weighted by Crippen LogP contribution is 2.19. The summed E-state index contributed by atoms with van der Waals surface area (Å²) in [6.45, 7) is 0. The molecule has 0 amide bonds. The third-order valence-corrected chi connectivity index (χ3v) is 2.03. The Labute approximate surface area is 93.5 Å². The largest absolute Gasteiger partial charge is 0.371 e. The summed E-state index contributed by atoms with van der Waals surface area (Å²) in [5.41, 5.74) is 1.66. The molecule has 0 aliphatic rings. The molecule has 1 aromatic carbocycles. The van der Waals surface area contributed by atoms with E-state index in [9.17, 15) is 0 Å². The minimum Gasteiger partial charge on any atom is -0.371 e. The Bertz CT molecular complexity index is 479. The Hall–Kier alpha value is -1.79. The lowest BCUT2D eigenvalue weighted by Crippen LogP contribution is -1.95. The molecule has 0 saturated carbocycles. The zero-order valence-electron chi connectivity index (χ0n) is 8.24. The highest BCUT2D eigenvalue weighted by Gasteiger charge is 2.03. The van der Waals surface area contributed by atoms with Gasteiger partial charge >= 0.3 is 0 Å². The van der Waals surface area contributed by atoms with Crippen LogP contribution in [0.1, 0.15) is 0 Å². The van der Waals surface area contributed by atoms with Gasteiger partial charge in [0.2, 0.25) is 0 Å². The monoisotopic (exact) mass is 219 g/mol. The van der Waals surface area contributed by atoms with Gasteiger partial charge in [0, 0.05) is 7.05 Å². The summed E-state index contributed by atoms with van der Waals surface area (Å²) in [5, 5.41) is 3.29. The van der Waals surface area contributed by atoms with E-state index in [1.54, 1.807) is 7.05 Å². The molecular formula is C11H10ClN3. The van der Waals surface area contributed by atoms with Gasteiger partial charge in [-0.05, 0) is 12.1 Å². The van der Waals surface area contributed by atoms with Crippen LogP contribution in [0.25, 0.3) is 11.0 Å². The number of aromatic nitrogens is 2. The lowest BCUT2D eigenvalue weighted by atomic mass is 10.3.